The molecule has 2 aliphatic rings. The molecule has 1 unspecified atom stereocenters. The molecule has 3 nitrogen and oxygen atoms in total. The zero-order valence-corrected chi connectivity index (χ0v) is 18.2. The highest BCUT2D eigenvalue weighted by Gasteiger charge is 2.38. The van der Waals surface area contributed by atoms with Gasteiger partial charge in [0.15, 0.2) is 0 Å². The quantitative estimate of drug-likeness (QED) is 0.628. The van der Waals surface area contributed by atoms with Crippen molar-refractivity contribution in [1.82, 2.24) is 9.80 Å². The largest absolute Gasteiger partial charge is 0.320 e. The van der Waals surface area contributed by atoms with Crippen molar-refractivity contribution in [3.63, 3.8) is 0 Å². The van der Waals surface area contributed by atoms with Crippen LogP contribution in [0.1, 0.15) is 42.5 Å². The lowest BCUT2D eigenvalue weighted by atomic mass is 9.90. The van der Waals surface area contributed by atoms with E-state index in [2.05, 4.69) is 41.0 Å². The molecule has 0 bridgehead atoms. The summed E-state index contributed by atoms with van der Waals surface area (Å²) < 4.78 is 0. The number of carbonyl (C=O) groups excluding carboxylic acids is 1. The molecule has 4 rings (SSSR count). The lowest BCUT2D eigenvalue weighted by Gasteiger charge is -2.46. The van der Waals surface area contributed by atoms with Gasteiger partial charge in [-0.05, 0) is 48.6 Å². The molecule has 28 heavy (non-hydrogen) atoms. The van der Waals surface area contributed by atoms with Gasteiger partial charge in [0.2, 0.25) is 5.91 Å². The van der Waals surface area contributed by atoms with E-state index in [9.17, 15) is 4.79 Å². The van der Waals surface area contributed by atoms with Crippen LogP contribution in [0.25, 0.3) is 0 Å². The average Bonchev–Trinajstić information content (AvgIpc) is 3.19. The van der Waals surface area contributed by atoms with Gasteiger partial charge in [-0.25, -0.2) is 0 Å². The number of benzene rings is 2. The number of halogens is 3. The molecule has 1 saturated heterocycles. The molecule has 0 radical (unpaired) electrons. The van der Waals surface area contributed by atoms with E-state index >= 15 is 0 Å². The highest BCUT2D eigenvalue weighted by atomic mass is 35.5. The first kappa shape index (κ1) is 21.4. The normalized spacial score (nSPS) is 21.9. The molecule has 1 fully saturated rings. The first-order chi connectivity index (χ1) is 13.0. The van der Waals surface area contributed by atoms with Crippen molar-refractivity contribution in [2.24, 2.45) is 0 Å². The zero-order chi connectivity index (χ0) is 19.0. The van der Waals surface area contributed by atoms with Gasteiger partial charge in [-0.2, -0.15) is 0 Å². The van der Waals surface area contributed by atoms with Crippen LogP contribution in [0.2, 0.25) is 10.0 Å². The van der Waals surface area contributed by atoms with Gasteiger partial charge in [0.1, 0.15) is 0 Å². The van der Waals surface area contributed by atoms with Crippen LogP contribution in [0.15, 0.2) is 42.5 Å². The topological polar surface area (TPSA) is 23.6 Å². The van der Waals surface area contributed by atoms with E-state index in [1.165, 1.54) is 24.0 Å². The monoisotopic (exact) mass is 438 g/mol. The van der Waals surface area contributed by atoms with Crippen LogP contribution in [0.4, 0.5) is 0 Å². The average molecular weight is 440 g/mol. The van der Waals surface area contributed by atoms with Crippen molar-refractivity contribution in [3.05, 3.63) is 69.2 Å². The molecular weight excluding hydrogens is 415 g/mol. The molecule has 1 amide bonds. The van der Waals surface area contributed by atoms with E-state index in [-0.39, 0.29) is 30.5 Å². The highest BCUT2D eigenvalue weighted by Crippen LogP contribution is 2.36. The second-order valence-corrected chi connectivity index (χ2v) is 8.34. The Balaban J connectivity index is 0.00000225. The fourth-order valence-electron chi connectivity index (χ4n) is 4.47. The maximum atomic E-state index is 13.4. The summed E-state index contributed by atoms with van der Waals surface area (Å²) in [6.45, 7) is 4.28. The van der Waals surface area contributed by atoms with Crippen molar-refractivity contribution in [2.75, 3.05) is 13.1 Å². The number of hydrogen-bond acceptors (Lipinski definition) is 2. The minimum absolute atomic E-state index is 0. The zero-order valence-electron chi connectivity index (χ0n) is 15.9. The Morgan fingerprint density at radius 1 is 1.07 bits per heavy atom. The third kappa shape index (κ3) is 4.18. The number of fused-ring (bicyclic) bond motifs is 1. The van der Waals surface area contributed by atoms with Crippen molar-refractivity contribution in [3.8, 4) is 0 Å². The van der Waals surface area contributed by atoms with Crippen LogP contribution < -0.4 is 0 Å². The Labute approximate surface area is 183 Å². The maximum absolute atomic E-state index is 13.4. The smallest absolute Gasteiger partial charge is 0.228 e. The number of carbonyl (C=O) groups is 1. The number of amides is 1. The van der Waals surface area contributed by atoms with E-state index < -0.39 is 0 Å². The van der Waals surface area contributed by atoms with Crippen LogP contribution in [0.5, 0.6) is 0 Å². The van der Waals surface area contributed by atoms with Crippen LogP contribution in [0, 0.1) is 0 Å². The molecule has 2 aromatic rings. The fraction of sp³-hybridized carbons (Fsp3) is 0.409. The molecule has 150 valence electrons. The van der Waals surface area contributed by atoms with E-state index in [1.807, 2.05) is 6.07 Å². The molecule has 0 spiro atoms. The van der Waals surface area contributed by atoms with E-state index in [4.69, 9.17) is 23.2 Å². The maximum Gasteiger partial charge on any atom is 0.228 e. The lowest BCUT2D eigenvalue weighted by Crippen LogP contribution is -2.55. The molecule has 6 heteroatoms. The van der Waals surface area contributed by atoms with Crippen LogP contribution in [0.3, 0.4) is 0 Å². The summed E-state index contributed by atoms with van der Waals surface area (Å²) in [4.78, 5) is 17.9. The summed E-state index contributed by atoms with van der Waals surface area (Å²) in [7, 11) is 0. The molecule has 2 aromatic carbocycles. The van der Waals surface area contributed by atoms with Crippen molar-refractivity contribution >= 4 is 41.5 Å². The van der Waals surface area contributed by atoms with Crippen molar-refractivity contribution < 1.29 is 4.79 Å². The number of rotatable bonds is 3. The predicted octanol–water partition coefficient (Wildman–Crippen LogP) is 5.53. The molecule has 0 aromatic heterocycles. The Bertz CT molecular complexity index is 851. The number of nitrogens with zero attached hydrogens (tertiary/aromatic N) is 2. The summed E-state index contributed by atoms with van der Waals surface area (Å²) in [6, 6.07) is 14.0. The molecule has 0 N–H and O–H groups in total. The number of likely N-dealkylation sites (tertiary alicyclic amines) is 1. The predicted molar refractivity (Wildman–Crippen MR) is 117 cm³/mol. The van der Waals surface area contributed by atoms with Gasteiger partial charge in [0.05, 0.1) is 28.7 Å². The van der Waals surface area contributed by atoms with E-state index in [0.29, 0.717) is 16.5 Å². The van der Waals surface area contributed by atoms with Gasteiger partial charge < -0.3 is 4.90 Å². The van der Waals surface area contributed by atoms with Crippen molar-refractivity contribution in [1.29, 1.82) is 0 Å². The molecule has 0 aliphatic carbocycles. The summed E-state index contributed by atoms with van der Waals surface area (Å²) in [5.41, 5.74) is 3.52. The summed E-state index contributed by atoms with van der Waals surface area (Å²) in [6.07, 6.45) is 3.79. The second-order valence-electron chi connectivity index (χ2n) is 7.53. The van der Waals surface area contributed by atoms with Gasteiger partial charge in [0, 0.05) is 19.5 Å². The first-order valence-corrected chi connectivity index (χ1v) is 10.4. The lowest BCUT2D eigenvalue weighted by molar-refractivity contribution is -0.141. The molecule has 2 atom stereocenters. The fourth-order valence-corrected chi connectivity index (χ4v) is 4.79. The van der Waals surface area contributed by atoms with Crippen molar-refractivity contribution in [2.45, 2.75) is 44.8 Å². The Morgan fingerprint density at radius 2 is 1.79 bits per heavy atom. The summed E-state index contributed by atoms with van der Waals surface area (Å²) in [5.74, 6) is 0.146. The third-order valence-electron chi connectivity index (χ3n) is 5.84. The van der Waals surface area contributed by atoms with Crippen LogP contribution in [-0.2, 0) is 17.6 Å². The number of hydrogen-bond donors (Lipinski definition) is 0. The van der Waals surface area contributed by atoms with Gasteiger partial charge in [-0.15, -0.1) is 12.4 Å². The van der Waals surface area contributed by atoms with E-state index in [0.717, 1.165) is 25.1 Å². The molecule has 2 aliphatic heterocycles. The summed E-state index contributed by atoms with van der Waals surface area (Å²) in [5, 5.41) is 1.01. The molecular formula is C22H25Cl3N2O. The van der Waals surface area contributed by atoms with Crippen LogP contribution >= 0.6 is 35.6 Å². The standard InChI is InChI=1S/C22H24Cl2N2O.ClH/c1-15-18-7-3-2-6-17(18)14-21(25-10-4-5-11-25)26(15)22(27)13-16-8-9-19(23)20(24)12-16;/h2-3,6-9,12,15,21H,4-5,10-11,13-14H2,1H3;1H/t15-,21?;/m0./s1. The van der Waals surface area contributed by atoms with Crippen LogP contribution in [-0.4, -0.2) is 35.0 Å². The van der Waals surface area contributed by atoms with Gasteiger partial charge in [-0.1, -0.05) is 53.5 Å². The first-order valence-electron chi connectivity index (χ1n) is 9.61. The third-order valence-corrected chi connectivity index (χ3v) is 6.57. The van der Waals surface area contributed by atoms with Gasteiger partial charge in [-0.3, -0.25) is 9.69 Å². The Hall–Kier alpha value is -1.26. The Kier molecular flexibility index (Phi) is 6.93. The molecule has 0 saturated carbocycles. The van der Waals surface area contributed by atoms with Gasteiger partial charge in [0.25, 0.3) is 0 Å². The molecule has 2 heterocycles. The van der Waals surface area contributed by atoms with Gasteiger partial charge >= 0.3 is 0 Å². The highest BCUT2D eigenvalue weighted by molar-refractivity contribution is 6.42. The van der Waals surface area contributed by atoms with E-state index in [1.54, 1.807) is 12.1 Å². The minimum atomic E-state index is 0. The second kappa shape index (κ2) is 9.04. The summed E-state index contributed by atoms with van der Waals surface area (Å²) >= 11 is 12.2. The SMILES string of the molecule is C[C@H]1c2ccccc2CC(N2CCCC2)N1C(=O)Cc1ccc(Cl)c(Cl)c1.Cl. The minimum Gasteiger partial charge on any atom is -0.320 e. The Morgan fingerprint density at radius 3 is 2.50 bits per heavy atom.